The molecule has 0 aromatic heterocycles. The Morgan fingerprint density at radius 3 is 2.32 bits per heavy atom. The Balaban J connectivity index is 1.74. The third-order valence-corrected chi connectivity index (χ3v) is 8.36. The van der Waals surface area contributed by atoms with E-state index in [1.54, 1.807) is 38.3 Å². The van der Waals surface area contributed by atoms with E-state index in [9.17, 15) is 13.2 Å². The predicted molar refractivity (Wildman–Crippen MR) is 131 cm³/mol. The molecule has 2 aromatic carbocycles. The molecule has 0 radical (unpaired) electrons. The van der Waals surface area contributed by atoms with E-state index < -0.39 is 21.1 Å². The first-order valence-corrected chi connectivity index (χ1v) is 13.4. The molecule has 0 amide bonds. The minimum Gasteiger partial charge on any atom is -0.497 e. The molecule has 186 valence electrons. The standard InChI is InChI=1S/C26H35NO6S/c1-4-6-17-33-22-11-13-23(14-12-22)34(29,30)24-15-16-27(25(18-24)26(28)32-5-2)19-20-7-9-21(31-3)10-8-20/h7-14,24-25H,4-6,15-19H2,1-3H3. The highest BCUT2D eigenvalue weighted by molar-refractivity contribution is 7.92. The number of hydrogen-bond acceptors (Lipinski definition) is 7. The lowest BCUT2D eigenvalue weighted by molar-refractivity contribution is -0.151. The van der Waals surface area contributed by atoms with E-state index in [4.69, 9.17) is 14.2 Å². The molecule has 0 spiro atoms. The molecule has 1 fully saturated rings. The number of likely N-dealkylation sites (tertiary alicyclic amines) is 1. The molecule has 3 rings (SSSR count). The van der Waals surface area contributed by atoms with Crippen LogP contribution in [0.2, 0.25) is 0 Å². The van der Waals surface area contributed by atoms with Crippen LogP contribution in [-0.4, -0.2) is 57.4 Å². The molecule has 1 aliphatic rings. The SMILES string of the molecule is CCCCOc1ccc(S(=O)(=O)C2CCN(Cc3ccc(OC)cc3)C(C(=O)OCC)C2)cc1. The minimum atomic E-state index is -3.60. The molecule has 0 N–H and O–H groups in total. The van der Waals surface area contributed by atoms with Gasteiger partial charge in [0.2, 0.25) is 0 Å². The zero-order valence-electron chi connectivity index (χ0n) is 20.2. The fourth-order valence-electron chi connectivity index (χ4n) is 4.15. The number of carbonyl (C=O) groups excluding carboxylic acids is 1. The predicted octanol–water partition coefficient (Wildman–Crippen LogP) is 4.24. The molecular formula is C26H35NO6S. The Kier molecular flexibility index (Phi) is 9.36. The van der Waals surface area contributed by atoms with Gasteiger partial charge < -0.3 is 14.2 Å². The van der Waals surface area contributed by atoms with Crippen LogP contribution in [0.1, 0.15) is 45.1 Å². The van der Waals surface area contributed by atoms with Gasteiger partial charge in [0.25, 0.3) is 0 Å². The van der Waals surface area contributed by atoms with Crippen LogP contribution in [0.25, 0.3) is 0 Å². The summed E-state index contributed by atoms with van der Waals surface area (Å²) < 4.78 is 43.0. The molecule has 0 saturated carbocycles. The second-order valence-electron chi connectivity index (χ2n) is 8.45. The van der Waals surface area contributed by atoms with Crippen LogP contribution in [0.5, 0.6) is 11.5 Å². The lowest BCUT2D eigenvalue weighted by Gasteiger charge is -2.37. The summed E-state index contributed by atoms with van der Waals surface area (Å²) in [7, 11) is -1.98. The van der Waals surface area contributed by atoms with Crippen LogP contribution in [0.15, 0.2) is 53.4 Å². The van der Waals surface area contributed by atoms with Gasteiger partial charge in [0.15, 0.2) is 9.84 Å². The number of methoxy groups -OCH3 is 1. The maximum Gasteiger partial charge on any atom is 0.323 e. The lowest BCUT2D eigenvalue weighted by Crippen LogP contribution is -2.50. The summed E-state index contributed by atoms with van der Waals surface area (Å²) >= 11 is 0. The largest absolute Gasteiger partial charge is 0.497 e. The van der Waals surface area contributed by atoms with Gasteiger partial charge in [-0.15, -0.1) is 0 Å². The molecular weight excluding hydrogens is 454 g/mol. The number of carbonyl (C=O) groups is 1. The normalized spacial score (nSPS) is 18.9. The zero-order valence-corrected chi connectivity index (χ0v) is 21.1. The molecule has 7 nitrogen and oxygen atoms in total. The molecule has 2 unspecified atom stereocenters. The maximum absolute atomic E-state index is 13.4. The highest BCUT2D eigenvalue weighted by atomic mass is 32.2. The summed E-state index contributed by atoms with van der Waals surface area (Å²) in [5, 5.41) is -0.652. The van der Waals surface area contributed by atoms with E-state index in [2.05, 4.69) is 6.92 Å². The first-order valence-electron chi connectivity index (χ1n) is 11.9. The highest BCUT2D eigenvalue weighted by Crippen LogP contribution is 2.30. The molecule has 0 bridgehead atoms. The highest BCUT2D eigenvalue weighted by Gasteiger charge is 2.40. The van der Waals surface area contributed by atoms with Crippen molar-refractivity contribution in [3.63, 3.8) is 0 Å². The second-order valence-corrected chi connectivity index (χ2v) is 10.7. The molecule has 34 heavy (non-hydrogen) atoms. The maximum atomic E-state index is 13.4. The number of nitrogens with zero attached hydrogens (tertiary/aromatic N) is 1. The average molecular weight is 490 g/mol. The third-order valence-electron chi connectivity index (χ3n) is 6.13. The van der Waals surface area contributed by atoms with Gasteiger partial charge in [0, 0.05) is 13.1 Å². The minimum absolute atomic E-state index is 0.200. The summed E-state index contributed by atoms with van der Waals surface area (Å²) in [5.41, 5.74) is 1.02. The number of sulfone groups is 1. The monoisotopic (exact) mass is 489 g/mol. The average Bonchev–Trinajstić information content (AvgIpc) is 2.85. The molecule has 0 aliphatic carbocycles. The van der Waals surface area contributed by atoms with Crippen molar-refractivity contribution < 1.29 is 27.4 Å². The van der Waals surface area contributed by atoms with Crippen molar-refractivity contribution in [1.29, 1.82) is 0 Å². The molecule has 1 heterocycles. The van der Waals surface area contributed by atoms with Crippen molar-refractivity contribution in [2.45, 2.75) is 62.3 Å². The summed E-state index contributed by atoms with van der Waals surface area (Å²) in [6.45, 7) is 5.72. The fourth-order valence-corrected chi connectivity index (χ4v) is 5.91. The van der Waals surface area contributed by atoms with E-state index in [1.807, 2.05) is 29.2 Å². The van der Waals surface area contributed by atoms with E-state index in [-0.39, 0.29) is 23.9 Å². The summed E-state index contributed by atoms with van der Waals surface area (Å²) in [6.07, 6.45) is 2.63. The van der Waals surface area contributed by atoms with E-state index in [0.717, 1.165) is 24.2 Å². The molecule has 2 atom stereocenters. The Morgan fingerprint density at radius 1 is 1.03 bits per heavy atom. The lowest BCUT2D eigenvalue weighted by atomic mass is 10.0. The molecule has 1 saturated heterocycles. The quantitative estimate of drug-likeness (QED) is 0.345. The van der Waals surface area contributed by atoms with Crippen LogP contribution >= 0.6 is 0 Å². The third kappa shape index (κ3) is 6.51. The van der Waals surface area contributed by atoms with E-state index in [0.29, 0.717) is 31.9 Å². The first kappa shape index (κ1) is 26.0. The number of benzene rings is 2. The van der Waals surface area contributed by atoms with Crippen molar-refractivity contribution in [3.8, 4) is 11.5 Å². The molecule has 2 aromatic rings. The van der Waals surface area contributed by atoms with Gasteiger partial charge in [-0.2, -0.15) is 0 Å². The summed E-state index contributed by atoms with van der Waals surface area (Å²) in [6, 6.07) is 13.6. The number of hydrogen-bond donors (Lipinski definition) is 0. The second kappa shape index (κ2) is 12.2. The van der Waals surface area contributed by atoms with Crippen LogP contribution in [0, 0.1) is 0 Å². The summed E-state index contributed by atoms with van der Waals surface area (Å²) in [4.78, 5) is 15.0. The Labute approximate surface area is 202 Å². The Hall–Kier alpha value is -2.58. The Bertz CT molecular complexity index is 1020. The van der Waals surface area contributed by atoms with Crippen molar-refractivity contribution >= 4 is 15.8 Å². The van der Waals surface area contributed by atoms with E-state index >= 15 is 0 Å². The first-order chi connectivity index (χ1) is 16.4. The van der Waals surface area contributed by atoms with Crippen LogP contribution in [0.3, 0.4) is 0 Å². The van der Waals surface area contributed by atoms with Crippen molar-refractivity contribution in [2.24, 2.45) is 0 Å². The number of unbranched alkanes of at least 4 members (excludes halogenated alkanes) is 1. The van der Waals surface area contributed by atoms with Gasteiger partial charge >= 0.3 is 5.97 Å². The van der Waals surface area contributed by atoms with Crippen LogP contribution in [-0.2, 0) is 25.9 Å². The molecule has 8 heteroatoms. The Morgan fingerprint density at radius 2 is 1.71 bits per heavy atom. The van der Waals surface area contributed by atoms with Gasteiger partial charge in [-0.05, 0) is 68.1 Å². The topological polar surface area (TPSA) is 82.1 Å². The van der Waals surface area contributed by atoms with Crippen molar-refractivity contribution in [3.05, 3.63) is 54.1 Å². The van der Waals surface area contributed by atoms with Crippen molar-refractivity contribution in [1.82, 2.24) is 4.90 Å². The smallest absolute Gasteiger partial charge is 0.323 e. The number of rotatable bonds is 11. The fraction of sp³-hybridized carbons (Fsp3) is 0.500. The number of esters is 1. The zero-order chi connectivity index (χ0) is 24.6. The van der Waals surface area contributed by atoms with Gasteiger partial charge in [0.05, 0.1) is 30.5 Å². The number of ether oxygens (including phenoxy) is 3. The van der Waals surface area contributed by atoms with Crippen molar-refractivity contribution in [2.75, 3.05) is 26.9 Å². The van der Waals surface area contributed by atoms with Gasteiger partial charge in [-0.3, -0.25) is 9.69 Å². The van der Waals surface area contributed by atoms with Gasteiger partial charge in [-0.25, -0.2) is 8.42 Å². The number of piperidine rings is 1. The summed E-state index contributed by atoms with van der Waals surface area (Å²) in [5.74, 6) is 1.04. The van der Waals surface area contributed by atoms with E-state index in [1.165, 1.54) is 0 Å². The van der Waals surface area contributed by atoms with Crippen LogP contribution < -0.4 is 9.47 Å². The molecule has 1 aliphatic heterocycles. The van der Waals surface area contributed by atoms with Gasteiger partial charge in [0.1, 0.15) is 17.5 Å². The van der Waals surface area contributed by atoms with Gasteiger partial charge in [-0.1, -0.05) is 25.5 Å². The van der Waals surface area contributed by atoms with Crippen LogP contribution in [0.4, 0.5) is 0 Å².